The normalized spacial score (nSPS) is 16.9. The van der Waals surface area contributed by atoms with Gasteiger partial charge in [0.1, 0.15) is 10.7 Å². The average molecular weight is 377 g/mol. The Bertz CT molecular complexity index is 1310. The number of hydrogen-bond acceptors (Lipinski definition) is 6. The van der Waals surface area contributed by atoms with E-state index in [2.05, 4.69) is 4.98 Å². The SMILES string of the molecule is O=C1/C(=C\c2cc3oc(-c4ccccc4)nc3o2)S(=O)(=O)c2ccccc21. The number of ketones is 1. The van der Waals surface area contributed by atoms with Crippen molar-refractivity contribution in [1.29, 1.82) is 0 Å². The van der Waals surface area contributed by atoms with Crippen LogP contribution >= 0.6 is 0 Å². The van der Waals surface area contributed by atoms with Gasteiger partial charge < -0.3 is 8.83 Å². The summed E-state index contributed by atoms with van der Waals surface area (Å²) in [7, 11) is -3.86. The molecule has 0 bridgehead atoms. The number of nitrogens with zero attached hydrogens (tertiary/aromatic N) is 1. The molecule has 6 nitrogen and oxygen atoms in total. The molecule has 5 rings (SSSR count). The molecule has 0 aliphatic carbocycles. The van der Waals surface area contributed by atoms with Crippen LogP contribution in [0.15, 0.2) is 79.3 Å². The van der Waals surface area contributed by atoms with Crippen LogP contribution in [0.2, 0.25) is 0 Å². The van der Waals surface area contributed by atoms with Crippen LogP contribution < -0.4 is 0 Å². The van der Waals surface area contributed by atoms with Gasteiger partial charge in [-0.1, -0.05) is 30.3 Å². The first-order chi connectivity index (χ1) is 13.0. The van der Waals surface area contributed by atoms with Crippen molar-refractivity contribution in [2.75, 3.05) is 0 Å². The van der Waals surface area contributed by atoms with Crippen molar-refractivity contribution in [2.45, 2.75) is 4.90 Å². The highest BCUT2D eigenvalue weighted by Crippen LogP contribution is 2.36. The average Bonchev–Trinajstić information content (AvgIpc) is 3.29. The summed E-state index contributed by atoms with van der Waals surface area (Å²) in [6, 6.07) is 17.0. The number of oxazole rings is 1. The van der Waals surface area contributed by atoms with Crippen LogP contribution in [0.25, 0.3) is 28.8 Å². The summed E-state index contributed by atoms with van der Waals surface area (Å²) < 4.78 is 36.5. The number of aromatic nitrogens is 1. The summed E-state index contributed by atoms with van der Waals surface area (Å²) >= 11 is 0. The lowest BCUT2D eigenvalue weighted by Gasteiger charge is -1.95. The van der Waals surface area contributed by atoms with Crippen molar-refractivity contribution in [3.63, 3.8) is 0 Å². The molecular formula is C20H11NO5S. The second kappa shape index (κ2) is 5.52. The summed E-state index contributed by atoms with van der Waals surface area (Å²) in [5.41, 5.74) is 1.58. The number of furan rings is 1. The van der Waals surface area contributed by atoms with E-state index in [1.54, 1.807) is 12.1 Å². The summed E-state index contributed by atoms with van der Waals surface area (Å²) in [4.78, 5) is 16.5. The molecule has 4 aromatic rings. The lowest BCUT2D eigenvalue weighted by Crippen LogP contribution is -2.01. The van der Waals surface area contributed by atoms with Gasteiger partial charge in [-0.05, 0) is 24.3 Å². The predicted molar refractivity (Wildman–Crippen MR) is 97.6 cm³/mol. The third-order valence-corrected chi connectivity index (χ3v) is 6.15. The van der Waals surface area contributed by atoms with E-state index in [9.17, 15) is 13.2 Å². The topological polar surface area (TPSA) is 90.4 Å². The maximum Gasteiger partial charge on any atom is 0.266 e. The molecule has 0 amide bonds. The van der Waals surface area contributed by atoms with Gasteiger partial charge in [0, 0.05) is 23.3 Å². The molecule has 27 heavy (non-hydrogen) atoms. The quantitative estimate of drug-likeness (QED) is 0.489. The van der Waals surface area contributed by atoms with Crippen molar-refractivity contribution in [3.8, 4) is 11.5 Å². The standard InChI is InChI=1S/C20H11NO5S/c22-18-14-8-4-5-9-16(14)27(23,24)17(18)11-13-10-15-20(25-13)21-19(26-15)12-6-2-1-3-7-12/h1-11H/b17-11+. The van der Waals surface area contributed by atoms with Crippen LogP contribution in [-0.2, 0) is 9.84 Å². The summed E-state index contributed by atoms with van der Waals surface area (Å²) in [6.07, 6.45) is 1.22. The lowest BCUT2D eigenvalue weighted by atomic mass is 10.1. The Morgan fingerprint density at radius 3 is 2.41 bits per heavy atom. The zero-order chi connectivity index (χ0) is 18.6. The van der Waals surface area contributed by atoms with Gasteiger partial charge in [0.15, 0.2) is 5.58 Å². The number of fused-ring (bicyclic) bond motifs is 2. The Labute approximate surface area is 153 Å². The molecular weight excluding hydrogens is 366 g/mol. The molecule has 0 radical (unpaired) electrons. The minimum absolute atomic E-state index is 0.0148. The highest BCUT2D eigenvalue weighted by Gasteiger charge is 2.39. The van der Waals surface area contributed by atoms with Gasteiger partial charge in [-0.2, -0.15) is 4.98 Å². The third kappa shape index (κ3) is 2.36. The maximum atomic E-state index is 12.6. The summed E-state index contributed by atoms with van der Waals surface area (Å²) in [6.45, 7) is 0. The minimum Gasteiger partial charge on any atom is -0.436 e. The first kappa shape index (κ1) is 15.8. The van der Waals surface area contributed by atoms with Crippen LogP contribution in [0, 0.1) is 0 Å². The van der Waals surface area contributed by atoms with Crippen molar-refractivity contribution in [2.24, 2.45) is 0 Å². The van der Waals surface area contributed by atoms with Gasteiger partial charge in [-0.25, -0.2) is 8.42 Å². The fraction of sp³-hybridized carbons (Fsp3) is 0. The molecule has 1 aliphatic rings. The molecule has 0 fully saturated rings. The second-order valence-electron chi connectivity index (χ2n) is 6.04. The number of carbonyl (C=O) groups is 1. The molecule has 0 unspecified atom stereocenters. The highest BCUT2D eigenvalue weighted by molar-refractivity contribution is 7.97. The fourth-order valence-corrected chi connectivity index (χ4v) is 4.63. The Morgan fingerprint density at radius 2 is 1.67 bits per heavy atom. The molecule has 2 aromatic carbocycles. The zero-order valence-electron chi connectivity index (χ0n) is 13.7. The molecule has 7 heteroatoms. The van der Waals surface area contributed by atoms with Crippen LogP contribution in [0.1, 0.15) is 16.1 Å². The van der Waals surface area contributed by atoms with Gasteiger partial charge >= 0.3 is 0 Å². The van der Waals surface area contributed by atoms with E-state index in [4.69, 9.17) is 8.83 Å². The molecule has 132 valence electrons. The Balaban J connectivity index is 1.57. The first-order valence-corrected chi connectivity index (χ1v) is 9.59. The van der Waals surface area contributed by atoms with E-state index < -0.39 is 15.6 Å². The van der Waals surface area contributed by atoms with Crippen LogP contribution in [-0.4, -0.2) is 19.2 Å². The van der Waals surface area contributed by atoms with Gasteiger partial charge in [0.25, 0.3) is 5.71 Å². The number of rotatable bonds is 2. The molecule has 0 atom stereocenters. The van der Waals surface area contributed by atoms with Gasteiger partial charge in [0.2, 0.25) is 21.5 Å². The number of allylic oxidation sites excluding steroid dienone is 1. The van der Waals surface area contributed by atoms with Crippen molar-refractivity contribution in [3.05, 3.63) is 76.9 Å². The van der Waals surface area contributed by atoms with E-state index >= 15 is 0 Å². The number of hydrogen-bond donors (Lipinski definition) is 0. The molecule has 1 aliphatic heterocycles. The van der Waals surface area contributed by atoms with Crippen LogP contribution in [0.4, 0.5) is 0 Å². The summed E-state index contributed by atoms with van der Waals surface area (Å²) in [5, 5.41) is 0. The van der Waals surface area contributed by atoms with E-state index in [-0.39, 0.29) is 26.8 Å². The number of carbonyl (C=O) groups excluding carboxylic acids is 1. The lowest BCUT2D eigenvalue weighted by molar-refractivity contribution is 0.104. The van der Waals surface area contributed by atoms with Crippen molar-refractivity contribution in [1.82, 2.24) is 4.98 Å². The maximum absolute atomic E-state index is 12.6. The second-order valence-corrected chi connectivity index (χ2v) is 7.93. The third-order valence-electron chi connectivity index (χ3n) is 4.34. The fourth-order valence-electron chi connectivity index (χ4n) is 3.06. The summed E-state index contributed by atoms with van der Waals surface area (Å²) in [5.74, 6) is 0.0488. The predicted octanol–water partition coefficient (Wildman–Crippen LogP) is 4.10. The molecule has 3 heterocycles. The minimum atomic E-state index is -3.86. The molecule has 0 saturated heterocycles. The molecule has 0 N–H and O–H groups in total. The van der Waals surface area contributed by atoms with E-state index in [1.807, 2.05) is 30.3 Å². The van der Waals surface area contributed by atoms with Crippen LogP contribution in [0.3, 0.4) is 0 Å². The largest absolute Gasteiger partial charge is 0.436 e. The molecule has 2 aromatic heterocycles. The Morgan fingerprint density at radius 1 is 0.926 bits per heavy atom. The van der Waals surface area contributed by atoms with E-state index in [0.29, 0.717) is 11.5 Å². The molecule has 0 spiro atoms. The van der Waals surface area contributed by atoms with Crippen molar-refractivity contribution < 1.29 is 22.0 Å². The van der Waals surface area contributed by atoms with Gasteiger partial charge in [-0.3, -0.25) is 4.79 Å². The van der Waals surface area contributed by atoms with E-state index in [1.165, 1.54) is 24.3 Å². The monoisotopic (exact) mass is 377 g/mol. The van der Waals surface area contributed by atoms with Crippen LogP contribution in [0.5, 0.6) is 0 Å². The highest BCUT2D eigenvalue weighted by atomic mass is 32.2. The van der Waals surface area contributed by atoms with E-state index in [0.717, 1.165) is 5.56 Å². The van der Waals surface area contributed by atoms with Gasteiger partial charge in [0.05, 0.1) is 4.90 Å². The van der Waals surface area contributed by atoms with Crippen molar-refractivity contribution >= 4 is 33.0 Å². The Kier molecular flexibility index (Phi) is 3.23. The first-order valence-electron chi connectivity index (χ1n) is 8.10. The number of benzene rings is 2. The Hall–Kier alpha value is -3.45. The number of Topliss-reactive ketones (excluding diaryl/α,β-unsaturated/α-hetero) is 1. The molecule has 0 saturated carbocycles. The zero-order valence-corrected chi connectivity index (χ0v) is 14.6. The smallest absolute Gasteiger partial charge is 0.266 e. The number of sulfone groups is 1. The van der Waals surface area contributed by atoms with Gasteiger partial charge in [-0.15, -0.1) is 0 Å².